The van der Waals surface area contributed by atoms with E-state index < -0.39 is 5.54 Å². The van der Waals surface area contributed by atoms with Gasteiger partial charge in [0.25, 0.3) is 0 Å². The molecular formula is C15H24N2O4. The summed E-state index contributed by atoms with van der Waals surface area (Å²) in [5.41, 5.74) is 6.14. The van der Waals surface area contributed by atoms with Gasteiger partial charge in [-0.3, -0.25) is 4.79 Å². The molecule has 0 bridgehead atoms. The number of hydrogen-bond donors (Lipinski definition) is 2. The van der Waals surface area contributed by atoms with Crippen LogP contribution in [0, 0.1) is 0 Å². The van der Waals surface area contributed by atoms with Crippen LogP contribution in [0.15, 0.2) is 12.1 Å². The fraction of sp³-hybridized carbons (Fsp3) is 0.533. The van der Waals surface area contributed by atoms with E-state index in [9.17, 15) is 4.79 Å². The summed E-state index contributed by atoms with van der Waals surface area (Å²) in [6, 6.07) is 3.60. The molecule has 6 nitrogen and oxygen atoms in total. The molecule has 0 unspecified atom stereocenters. The third kappa shape index (κ3) is 5.15. The van der Waals surface area contributed by atoms with E-state index >= 15 is 0 Å². The van der Waals surface area contributed by atoms with Gasteiger partial charge in [0.15, 0.2) is 11.5 Å². The highest BCUT2D eigenvalue weighted by Gasteiger charge is 2.17. The molecule has 0 aliphatic rings. The number of methoxy groups -OCH3 is 3. The van der Waals surface area contributed by atoms with Crippen LogP contribution in [0.1, 0.15) is 25.8 Å². The lowest BCUT2D eigenvalue weighted by atomic mass is 10.0. The first-order chi connectivity index (χ1) is 9.80. The van der Waals surface area contributed by atoms with Crippen LogP contribution in [0.25, 0.3) is 0 Å². The van der Waals surface area contributed by atoms with Crippen LogP contribution in [-0.4, -0.2) is 32.8 Å². The van der Waals surface area contributed by atoms with E-state index in [1.807, 2.05) is 13.8 Å². The third-order valence-corrected chi connectivity index (χ3v) is 2.83. The highest BCUT2D eigenvalue weighted by molar-refractivity contribution is 5.77. The fourth-order valence-corrected chi connectivity index (χ4v) is 1.91. The number of nitrogens with one attached hydrogen (secondary N) is 1. The number of nitrogens with two attached hydrogens (primary N) is 1. The summed E-state index contributed by atoms with van der Waals surface area (Å²) in [7, 11) is 4.65. The molecule has 0 atom stereocenters. The molecule has 0 radical (unpaired) electrons. The van der Waals surface area contributed by atoms with E-state index in [0.29, 0.717) is 23.8 Å². The first-order valence-electron chi connectivity index (χ1n) is 6.65. The average Bonchev–Trinajstić information content (AvgIpc) is 2.41. The second kappa shape index (κ2) is 7.17. The summed E-state index contributed by atoms with van der Waals surface area (Å²) in [5.74, 6) is 1.54. The first kappa shape index (κ1) is 17.1. The Balaban J connectivity index is 2.82. The normalized spacial score (nSPS) is 11.0. The van der Waals surface area contributed by atoms with Crippen molar-refractivity contribution in [3.63, 3.8) is 0 Å². The van der Waals surface area contributed by atoms with Crippen LogP contribution < -0.4 is 25.3 Å². The quantitative estimate of drug-likeness (QED) is 0.796. The van der Waals surface area contributed by atoms with Gasteiger partial charge in [0.1, 0.15) is 0 Å². The number of benzene rings is 1. The molecule has 0 aromatic heterocycles. The molecule has 21 heavy (non-hydrogen) atoms. The largest absolute Gasteiger partial charge is 0.493 e. The van der Waals surface area contributed by atoms with Crippen LogP contribution in [-0.2, 0) is 11.3 Å². The molecule has 1 rings (SSSR count). The van der Waals surface area contributed by atoms with Gasteiger partial charge in [-0.05, 0) is 31.5 Å². The van der Waals surface area contributed by atoms with Crippen LogP contribution in [0.2, 0.25) is 0 Å². The maximum Gasteiger partial charge on any atom is 0.222 e. The molecular weight excluding hydrogens is 272 g/mol. The summed E-state index contributed by atoms with van der Waals surface area (Å²) in [5, 5.41) is 2.82. The average molecular weight is 296 g/mol. The van der Waals surface area contributed by atoms with E-state index in [1.54, 1.807) is 33.5 Å². The van der Waals surface area contributed by atoms with Gasteiger partial charge in [-0.2, -0.15) is 0 Å². The molecule has 1 aromatic rings. The maximum atomic E-state index is 11.8. The third-order valence-electron chi connectivity index (χ3n) is 2.83. The van der Waals surface area contributed by atoms with Crippen LogP contribution in [0.3, 0.4) is 0 Å². The Morgan fingerprint density at radius 1 is 1.14 bits per heavy atom. The van der Waals surface area contributed by atoms with Crippen molar-refractivity contribution in [1.82, 2.24) is 5.32 Å². The number of ether oxygens (including phenoxy) is 3. The molecule has 0 saturated heterocycles. The number of hydrogen-bond acceptors (Lipinski definition) is 5. The highest BCUT2D eigenvalue weighted by Crippen LogP contribution is 2.38. The zero-order valence-electron chi connectivity index (χ0n) is 13.3. The molecule has 0 fully saturated rings. The molecule has 1 aromatic carbocycles. The molecule has 0 heterocycles. The van der Waals surface area contributed by atoms with Gasteiger partial charge >= 0.3 is 0 Å². The summed E-state index contributed by atoms with van der Waals surface area (Å²) in [4.78, 5) is 11.8. The van der Waals surface area contributed by atoms with Crippen molar-refractivity contribution in [2.24, 2.45) is 5.73 Å². The Labute approximate surface area is 125 Å². The molecule has 0 saturated carbocycles. The van der Waals surface area contributed by atoms with Gasteiger partial charge in [0.05, 0.1) is 21.3 Å². The molecule has 3 N–H and O–H groups in total. The molecule has 1 amide bonds. The minimum atomic E-state index is -0.528. The van der Waals surface area contributed by atoms with Crippen molar-refractivity contribution in [3.8, 4) is 17.2 Å². The Morgan fingerprint density at radius 2 is 1.67 bits per heavy atom. The van der Waals surface area contributed by atoms with E-state index in [-0.39, 0.29) is 12.3 Å². The predicted octanol–water partition coefficient (Wildman–Crippen LogP) is 1.46. The molecule has 118 valence electrons. The lowest BCUT2D eigenvalue weighted by Crippen LogP contribution is -2.38. The molecule has 6 heteroatoms. The summed E-state index contributed by atoms with van der Waals surface area (Å²) in [6.45, 7) is 3.99. The van der Waals surface area contributed by atoms with E-state index in [4.69, 9.17) is 19.9 Å². The number of amides is 1. The lowest BCUT2D eigenvalue weighted by Gasteiger charge is -2.18. The van der Waals surface area contributed by atoms with Gasteiger partial charge in [-0.25, -0.2) is 0 Å². The van der Waals surface area contributed by atoms with E-state index in [0.717, 1.165) is 5.56 Å². The zero-order chi connectivity index (χ0) is 16.0. The van der Waals surface area contributed by atoms with E-state index in [2.05, 4.69) is 5.32 Å². The van der Waals surface area contributed by atoms with Gasteiger partial charge < -0.3 is 25.3 Å². The monoisotopic (exact) mass is 296 g/mol. The molecule has 0 aliphatic heterocycles. The second-order valence-corrected chi connectivity index (χ2v) is 5.48. The Hall–Kier alpha value is -1.95. The Bertz CT molecular complexity index is 470. The fourth-order valence-electron chi connectivity index (χ4n) is 1.91. The van der Waals surface area contributed by atoms with Gasteiger partial charge in [0.2, 0.25) is 11.7 Å². The van der Waals surface area contributed by atoms with Crippen LogP contribution in [0.5, 0.6) is 17.2 Å². The van der Waals surface area contributed by atoms with Crippen molar-refractivity contribution in [1.29, 1.82) is 0 Å². The summed E-state index contributed by atoms with van der Waals surface area (Å²) >= 11 is 0. The predicted molar refractivity (Wildman–Crippen MR) is 80.8 cm³/mol. The zero-order valence-corrected chi connectivity index (χ0v) is 13.3. The van der Waals surface area contributed by atoms with Crippen molar-refractivity contribution in [2.75, 3.05) is 21.3 Å². The molecule has 0 aliphatic carbocycles. The van der Waals surface area contributed by atoms with Crippen molar-refractivity contribution in [3.05, 3.63) is 17.7 Å². The van der Waals surface area contributed by atoms with Gasteiger partial charge in [0, 0.05) is 18.5 Å². The van der Waals surface area contributed by atoms with Gasteiger partial charge in [-0.15, -0.1) is 0 Å². The van der Waals surface area contributed by atoms with Crippen LogP contribution >= 0.6 is 0 Å². The van der Waals surface area contributed by atoms with Crippen LogP contribution in [0.4, 0.5) is 0 Å². The highest BCUT2D eigenvalue weighted by atomic mass is 16.5. The molecule has 0 spiro atoms. The SMILES string of the molecule is COc1cc(CNC(=O)CC(C)(C)N)cc(OC)c1OC. The summed E-state index contributed by atoms with van der Waals surface area (Å²) in [6.07, 6.45) is 0.261. The van der Waals surface area contributed by atoms with E-state index in [1.165, 1.54) is 0 Å². The van der Waals surface area contributed by atoms with Crippen molar-refractivity contribution < 1.29 is 19.0 Å². The number of rotatable bonds is 7. The first-order valence-corrected chi connectivity index (χ1v) is 6.65. The second-order valence-electron chi connectivity index (χ2n) is 5.48. The van der Waals surface area contributed by atoms with Crippen molar-refractivity contribution >= 4 is 5.91 Å². The minimum Gasteiger partial charge on any atom is -0.493 e. The smallest absolute Gasteiger partial charge is 0.222 e. The minimum absolute atomic E-state index is 0.101. The topological polar surface area (TPSA) is 82.8 Å². The number of carbonyl (C=O) groups excluding carboxylic acids is 1. The maximum absolute atomic E-state index is 11.8. The van der Waals surface area contributed by atoms with Gasteiger partial charge in [-0.1, -0.05) is 0 Å². The lowest BCUT2D eigenvalue weighted by molar-refractivity contribution is -0.122. The number of carbonyl (C=O) groups is 1. The Morgan fingerprint density at radius 3 is 2.05 bits per heavy atom. The summed E-state index contributed by atoms with van der Waals surface area (Å²) < 4.78 is 15.8. The standard InChI is InChI=1S/C15H24N2O4/c1-15(2,16)8-13(18)17-9-10-6-11(19-3)14(21-5)12(7-10)20-4/h6-7H,8-9,16H2,1-5H3,(H,17,18). The Kier molecular flexibility index (Phi) is 5.84. The van der Waals surface area contributed by atoms with Crippen molar-refractivity contribution in [2.45, 2.75) is 32.4 Å².